The van der Waals surface area contributed by atoms with Crippen LogP contribution in [0.2, 0.25) is 0 Å². The van der Waals surface area contributed by atoms with Crippen molar-refractivity contribution in [3.05, 3.63) is 95.3 Å². The van der Waals surface area contributed by atoms with Gasteiger partial charge in [-0.25, -0.2) is 9.18 Å². The van der Waals surface area contributed by atoms with E-state index in [0.29, 0.717) is 18.6 Å². The first-order valence-corrected chi connectivity index (χ1v) is 12.3. The average Bonchev–Trinajstić information content (AvgIpc) is 3.20. The van der Waals surface area contributed by atoms with Crippen LogP contribution in [0.3, 0.4) is 0 Å². The second kappa shape index (κ2) is 8.88. The van der Waals surface area contributed by atoms with E-state index in [9.17, 15) is 9.18 Å². The van der Waals surface area contributed by atoms with Gasteiger partial charge in [-0.05, 0) is 59.6 Å². The minimum Gasteiger partial charge on any atom is -0.494 e. The Morgan fingerprint density at radius 3 is 2.31 bits per heavy atom. The summed E-state index contributed by atoms with van der Waals surface area (Å²) in [4.78, 5) is 15.3. The van der Waals surface area contributed by atoms with Gasteiger partial charge in [0.15, 0.2) is 11.6 Å². The molecule has 0 spiro atoms. The topological polar surface area (TPSA) is 38.8 Å². The predicted molar refractivity (Wildman–Crippen MR) is 134 cm³/mol. The van der Waals surface area contributed by atoms with Crippen LogP contribution in [-0.2, 0) is 4.74 Å². The first kappa shape index (κ1) is 21.9. The number of piperidine rings is 1. The number of methoxy groups -OCH3 is 1. The molecule has 3 aromatic rings. The molecule has 2 atom stereocenters. The van der Waals surface area contributed by atoms with Gasteiger partial charge >= 0.3 is 6.09 Å². The number of rotatable bonds is 4. The minimum atomic E-state index is -0.339. The summed E-state index contributed by atoms with van der Waals surface area (Å²) in [6.45, 7) is 0.309. The molecule has 2 aliphatic heterocycles. The number of hydrogen-bond donors (Lipinski definition) is 0. The molecule has 5 heteroatoms. The molecule has 1 fully saturated rings. The molecular formula is C30H28FNO3. The molecule has 2 heterocycles. The van der Waals surface area contributed by atoms with Gasteiger partial charge in [0.2, 0.25) is 0 Å². The summed E-state index contributed by atoms with van der Waals surface area (Å²) in [5, 5.41) is 0. The largest absolute Gasteiger partial charge is 0.494 e. The fraction of sp³-hybridized carbons (Fsp3) is 0.300. The van der Waals surface area contributed by atoms with Crippen molar-refractivity contribution in [2.75, 3.05) is 13.7 Å². The van der Waals surface area contributed by atoms with Crippen LogP contribution in [0, 0.1) is 5.82 Å². The summed E-state index contributed by atoms with van der Waals surface area (Å²) in [5.41, 5.74) is 6.35. The number of carbonyl (C=O) groups is 1. The Bertz CT molecular complexity index is 1270. The van der Waals surface area contributed by atoms with Crippen LogP contribution in [0.1, 0.15) is 48.3 Å². The van der Waals surface area contributed by atoms with Crippen LogP contribution < -0.4 is 4.74 Å². The van der Waals surface area contributed by atoms with Gasteiger partial charge in [0.25, 0.3) is 0 Å². The quantitative estimate of drug-likeness (QED) is 0.422. The van der Waals surface area contributed by atoms with E-state index in [0.717, 1.165) is 24.8 Å². The monoisotopic (exact) mass is 469 g/mol. The molecule has 0 N–H and O–H groups in total. The van der Waals surface area contributed by atoms with Gasteiger partial charge in [0, 0.05) is 17.5 Å². The lowest BCUT2D eigenvalue weighted by molar-refractivity contribution is 0.0538. The minimum absolute atomic E-state index is 0.00926. The fourth-order valence-electron chi connectivity index (χ4n) is 6.10. The second-order valence-corrected chi connectivity index (χ2v) is 9.58. The first-order chi connectivity index (χ1) is 17.2. The summed E-state index contributed by atoms with van der Waals surface area (Å²) in [6, 6.07) is 21.9. The van der Waals surface area contributed by atoms with Crippen LogP contribution >= 0.6 is 0 Å². The fourth-order valence-corrected chi connectivity index (χ4v) is 6.10. The van der Waals surface area contributed by atoms with E-state index in [1.165, 1.54) is 29.4 Å². The van der Waals surface area contributed by atoms with E-state index in [-0.39, 0.29) is 35.7 Å². The van der Waals surface area contributed by atoms with Gasteiger partial charge in [-0.1, -0.05) is 66.7 Å². The first-order valence-electron chi connectivity index (χ1n) is 12.3. The second-order valence-electron chi connectivity index (χ2n) is 9.58. The van der Waals surface area contributed by atoms with Gasteiger partial charge in [0.1, 0.15) is 6.61 Å². The van der Waals surface area contributed by atoms with Crippen molar-refractivity contribution in [1.29, 1.82) is 0 Å². The molecule has 3 aliphatic rings. The molecule has 0 saturated carbocycles. The molecule has 1 amide bonds. The highest BCUT2D eigenvalue weighted by Crippen LogP contribution is 2.45. The van der Waals surface area contributed by atoms with Crippen LogP contribution in [-0.4, -0.2) is 36.8 Å². The van der Waals surface area contributed by atoms with Crippen molar-refractivity contribution >= 4 is 11.7 Å². The average molecular weight is 470 g/mol. The highest BCUT2D eigenvalue weighted by atomic mass is 19.1. The van der Waals surface area contributed by atoms with E-state index in [1.807, 2.05) is 35.2 Å². The highest BCUT2D eigenvalue weighted by molar-refractivity contribution is 5.79. The normalized spacial score (nSPS) is 20.6. The van der Waals surface area contributed by atoms with E-state index < -0.39 is 0 Å². The van der Waals surface area contributed by atoms with Crippen molar-refractivity contribution in [2.45, 2.75) is 43.7 Å². The Kier molecular flexibility index (Phi) is 5.56. The summed E-state index contributed by atoms with van der Waals surface area (Å²) >= 11 is 0. The molecule has 4 nitrogen and oxygen atoms in total. The molecule has 1 aliphatic carbocycles. The van der Waals surface area contributed by atoms with E-state index >= 15 is 0 Å². The number of halogens is 1. The van der Waals surface area contributed by atoms with Crippen LogP contribution in [0.5, 0.6) is 5.75 Å². The number of nitrogens with zero attached hydrogens (tertiary/aromatic N) is 1. The number of hydrogen-bond acceptors (Lipinski definition) is 3. The summed E-state index contributed by atoms with van der Waals surface area (Å²) < 4.78 is 26.1. The zero-order valence-electron chi connectivity index (χ0n) is 19.7. The van der Waals surface area contributed by atoms with Crippen molar-refractivity contribution < 1.29 is 18.7 Å². The molecule has 0 aromatic heterocycles. The van der Waals surface area contributed by atoms with Gasteiger partial charge in [-0.15, -0.1) is 0 Å². The standard InChI is InChI=1S/C30H28FNO3/c1-34-28-15-7-14-22(29(28)31)19-16-20-8-6-9-21(17-19)32(20)30(33)35-18-27-25-12-4-2-10-23(25)24-11-3-5-13-26(24)27/h2-5,7,10-16,20-21,27H,6,8-9,17-18H2,1H3. The van der Waals surface area contributed by atoms with Gasteiger partial charge < -0.3 is 9.47 Å². The molecule has 6 rings (SSSR count). The molecule has 1 saturated heterocycles. The number of carbonyl (C=O) groups excluding carboxylic acids is 1. The van der Waals surface area contributed by atoms with Gasteiger partial charge in [0.05, 0.1) is 13.2 Å². The number of amides is 1. The maximum Gasteiger partial charge on any atom is 0.410 e. The van der Waals surface area contributed by atoms with E-state index in [2.05, 4.69) is 30.3 Å². The Hall–Kier alpha value is -3.60. The van der Waals surface area contributed by atoms with E-state index in [1.54, 1.807) is 12.1 Å². The zero-order chi connectivity index (χ0) is 23.9. The smallest absolute Gasteiger partial charge is 0.410 e. The molecule has 0 radical (unpaired) electrons. The Labute approximate surface area is 205 Å². The van der Waals surface area contributed by atoms with Crippen LogP contribution in [0.15, 0.2) is 72.8 Å². The van der Waals surface area contributed by atoms with Crippen molar-refractivity contribution in [3.63, 3.8) is 0 Å². The summed E-state index contributed by atoms with van der Waals surface area (Å²) in [5.74, 6) is -0.0607. The number of benzene rings is 3. The Morgan fingerprint density at radius 2 is 1.63 bits per heavy atom. The van der Waals surface area contributed by atoms with E-state index in [4.69, 9.17) is 9.47 Å². The highest BCUT2D eigenvalue weighted by Gasteiger charge is 2.39. The van der Waals surface area contributed by atoms with Gasteiger partial charge in [-0.3, -0.25) is 4.90 Å². The maximum absolute atomic E-state index is 15.0. The van der Waals surface area contributed by atoms with Crippen molar-refractivity contribution in [3.8, 4) is 16.9 Å². The van der Waals surface area contributed by atoms with Crippen molar-refractivity contribution in [2.24, 2.45) is 0 Å². The molecule has 35 heavy (non-hydrogen) atoms. The third-order valence-electron chi connectivity index (χ3n) is 7.71. The lowest BCUT2D eigenvalue weighted by Gasteiger charge is -2.44. The van der Waals surface area contributed by atoms with Crippen LogP contribution in [0.25, 0.3) is 16.7 Å². The lowest BCUT2D eigenvalue weighted by atomic mass is 9.83. The predicted octanol–water partition coefficient (Wildman–Crippen LogP) is 6.79. The van der Waals surface area contributed by atoms with Crippen LogP contribution in [0.4, 0.5) is 9.18 Å². The molecule has 178 valence electrons. The molecule has 2 bridgehead atoms. The Balaban J connectivity index is 1.23. The maximum atomic E-state index is 15.0. The summed E-state index contributed by atoms with van der Waals surface area (Å²) in [7, 11) is 1.48. The Morgan fingerprint density at radius 1 is 0.943 bits per heavy atom. The summed E-state index contributed by atoms with van der Waals surface area (Å²) in [6.07, 6.45) is 5.19. The van der Waals surface area contributed by atoms with Crippen molar-refractivity contribution in [1.82, 2.24) is 4.90 Å². The third kappa shape index (κ3) is 3.70. The lowest BCUT2D eigenvalue weighted by Crippen LogP contribution is -2.52. The molecule has 3 aromatic carbocycles. The third-order valence-corrected chi connectivity index (χ3v) is 7.71. The van der Waals surface area contributed by atoms with Gasteiger partial charge in [-0.2, -0.15) is 0 Å². The zero-order valence-corrected chi connectivity index (χ0v) is 19.7. The number of ether oxygens (including phenoxy) is 2. The molecular weight excluding hydrogens is 441 g/mol. The SMILES string of the molecule is COc1cccc(C2=CC3CCCC(C2)N3C(=O)OCC2c3ccccc3-c3ccccc32)c1F. The molecule has 2 unspecified atom stereocenters. The number of fused-ring (bicyclic) bond motifs is 5.